The summed E-state index contributed by atoms with van der Waals surface area (Å²) in [6.07, 6.45) is 7.19. The summed E-state index contributed by atoms with van der Waals surface area (Å²) < 4.78 is 6.21. The number of ether oxygens (including phenoxy) is 1. The average Bonchev–Trinajstić information content (AvgIpc) is 2.87. The fourth-order valence-electron chi connectivity index (χ4n) is 4.89. The molecule has 186 valence electrons. The first-order valence-electron chi connectivity index (χ1n) is 11.8. The average molecular weight is 515 g/mol. The van der Waals surface area contributed by atoms with Crippen LogP contribution < -0.4 is 4.74 Å². The maximum Gasteiger partial charge on any atom is 0.238 e. The molecule has 2 aromatic carbocycles. The predicted octanol–water partition coefficient (Wildman–Crippen LogP) is 6.20. The molecule has 0 unspecified atom stereocenters. The normalized spacial score (nSPS) is 20.4. The molecule has 2 aromatic rings. The molecular formula is C30H23ClO6. The van der Waals surface area contributed by atoms with E-state index in [0.29, 0.717) is 17.7 Å². The van der Waals surface area contributed by atoms with Gasteiger partial charge in [0, 0.05) is 27.8 Å². The Balaban J connectivity index is 1.61. The van der Waals surface area contributed by atoms with Crippen molar-refractivity contribution in [2.45, 2.75) is 39.2 Å². The summed E-state index contributed by atoms with van der Waals surface area (Å²) in [7, 11) is 0. The van der Waals surface area contributed by atoms with Crippen LogP contribution in [0.15, 0.2) is 70.3 Å². The van der Waals surface area contributed by atoms with Gasteiger partial charge in [-0.15, -0.1) is 0 Å². The number of fused-ring (bicyclic) bond motifs is 4. The first-order chi connectivity index (χ1) is 17.5. The summed E-state index contributed by atoms with van der Waals surface area (Å²) in [4.78, 5) is 52.8. The van der Waals surface area contributed by atoms with E-state index in [1.54, 1.807) is 24.3 Å². The maximum absolute atomic E-state index is 13.4. The van der Waals surface area contributed by atoms with Crippen LogP contribution in [0.3, 0.4) is 0 Å². The van der Waals surface area contributed by atoms with Crippen LogP contribution >= 0.6 is 11.6 Å². The molecule has 5 rings (SSSR count). The van der Waals surface area contributed by atoms with Crippen molar-refractivity contribution >= 4 is 46.6 Å². The van der Waals surface area contributed by atoms with E-state index in [0.717, 1.165) is 6.42 Å². The van der Waals surface area contributed by atoms with Crippen molar-refractivity contribution in [1.29, 1.82) is 0 Å². The highest BCUT2D eigenvalue weighted by Gasteiger charge is 2.43. The van der Waals surface area contributed by atoms with Crippen molar-refractivity contribution in [2.75, 3.05) is 0 Å². The van der Waals surface area contributed by atoms with Gasteiger partial charge >= 0.3 is 0 Å². The van der Waals surface area contributed by atoms with Gasteiger partial charge in [-0.05, 0) is 51.8 Å². The Morgan fingerprint density at radius 3 is 2.27 bits per heavy atom. The van der Waals surface area contributed by atoms with Crippen molar-refractivity contribution in [2.24, 2.45) is 0 Å². The summed E-state index contributed by atoms with van der Waals surface area (Å²) in [5.41, 5.74) is 0.125. The Kier molecular flexibility index (Phi) is 5.88. The lowest BCUT2D eigenvalue weighted by molar-refractivity contribution is -0.111. The number of aliphatic hydroxyl groups excluding tert-OH is 1. The zero-order valence-corrected chi connectivity index (χ0v) is 21.2. The molecule has 1 atom stereocenters. The third-order valence-corrected chi connectivity index (χ3v) is 7.17. The van der Waals surface area contributed by atoms with E-state index >= 15 is 0 Å². The highest BCUT2D eigenvalue weighted by Crippen LogP contribution is 2.43. The van der Waals surface area contributed by atoms with Crippen LogP contribution in [0.25, 0.3) is 11.8 Å². The molecule has 6 nitrogen and oxygen atoms in total. The zero-order valence-electron chi connectivity index (χ0n) is 20.5. The first-order valence-corrected chi connectivity index (χ1v) is 12.2. The monoisotopic (exact) mass is 514 g/mol. The topological polar surface area (TPSA) is 97.7 Å². The van der Waals surface area contributed by atoms with E-state index in [2.05, 4.69) is 6.08 Å². The molecule has 0 saturated carbocycles. The van der Waals surface area contributed by atoms with Crippen molar-refractivity contribution < 1.29 is 29.0 Å². The number of halogens is 1. The number of Topliss-reactive ketones (excluding diaryl/α,β-unsaturated/α-hetero) is 4. The van der Waals surface area contributed by atoms with Crippen LogP contribution in [0.2, 0.25) is 0 Å². The molecule has 0 fully saturated rings. The maximum atomic E-state index is 13.4. The van der Waals surface area contributed by atoms with E-state index in [-0.39, 0.29) is 22.3 Å². The zero-order chi connectivity index (χ0) is 26.6. The Morgan fingerprint density at radius 1 is 0.919 bits per heavy atom. The van der Waals surface area contributed by atoms with Gasteiger partial charge < -0.3 is 9.84 Å². The number of aliphatic hydroxyl groups is 1. The number of hydrogen-bond donors (Lipinski definition) is 1. The van der Waals surface area contributed by atoms with E-state index in [4.69, 9.17) is 16.3 Å². The number of rotatable bonds is 4. The predicted molar refractivity (Wildman–Crippen MR) is 140 cm³/mol. The van der Waals surface area contributed by atoms with Crippen molar-refractivity contribution in [3.8, 4) is 5.75 Å². The molecule has 0 saturated heterocycles. The Morgan fingerprint density at radius 2 is 1.59 bits per heavy atom. The second kappa shape index (κ2) is 8.82. The van der Waals surface area contributed by atoms with Crippen LogP contribution in [-0.4, -0.2) is 33.8 Å². The summed E-state index contributed by atoms with van der Waals surface area (Å²) in [6, 6.07) is 9.15. The lowest BCUT2D eigenvalue weighted by atomic mass is 9.77. The van der Waals surface area contributed by atoms with Crippen molar-refractivity contribution in [1.82, 2.24) is 0 Å². The third-order valence-electron chi connectivity index (χ3n) is 6.81. The number of ketones is 4. The molecule has 0 aromatic heterocycles. The summed E-state index contributed by atoms with van der Waals surface area (Å²) in [5.74, 6) is -3.57. The van der Waals surface area contributed by atoms with Crippen LogP contribution in [-0.2, 0) is 4.79 Å². The smallest absolute Gasteiger partial charge is 0.238 e. The molecule has 37 heavy (non-hydrogen) atoms. The number of benzene rings is 2. The van der Waals surface area contributed by atoms with Crippen molar-refractivity contribution in [3.05, 3.63) is 98.1 Å². The van der Waals surface area contributed by atoms with Crippen molar-refractivity contribution in [3.63, 3.8) is 0 Å². The van der Waals surface area contributed by atoms with Gasteiger partial charge in [-0.2, -0.15) is 0 Å². The lowest BCUT2D eigenvalue weighted by Gasteiger charge is -2.33. The molecular weight excluding hydrogens is 492 g/mol. The fraction of sp³-hybridized carbons (Fsp3) is 0.200. The van der Waals surface area contributed by atoms with E-state index in [1.807, 2.05) is 26.8 Å². The first kappa shape index (κ1) is 24.7. The highest BCUT2D eigenvalue weighted by molar-refractivity contribution is 6.58. The molecule has 0 bridgehead atoms. The highest BCUT2D eigenvalue weighted by atomic mass is 35.5. The van der Waals surface area contributed by atoms with Gasteiger partial charge in [0.15, 0.2) is 5.78 Å². The van der Waals surface area contributed by atoms with E-state index in [1.165, 1.54) is 23.8 Å². The number of carbonyl (C=O) groups excluding carboxylic acids is 4. The van der Waals surface area contributed by atoms with Crippen LogP contribution in [0.5, 0.6) is 5.75 Å². The molecule has 3 aliphatic rings. The molecule has 2 aliphatic carbocycles. The Labute approximate surface area is 218 Å². The van der Waals surface area contributed by atoms with Gasteiger partial charge in [-0.1, -0.05) is 53.6 Å². The Hall–Kier alpha value is -4.03. The summed E-state index contributed by atoms with van der Waals surface area (Å²) >= 11 is 6.27. The van der Waals surface area contributed by atoms with Gasteiger partial charge in [0.1, 0.15) is 22.1 Å². The van der Waals surface area contributed by atoms with E-state index in [9.17, 15) is 24.3 Å². The molecule has 0 amide bonds. The van der Waals surface area contributed by atoms with Crippen LogP contribution in [0, 0.1) is 0 Å². The van der Waals surface area contributed by atoms with Gasteiger partial charge in [0.25, 0.3) is 0 Å². The summed E-state index contributed by atoms with van der Waals surface area (Å²) in [6.45, 7) is 5.99. The number of allylic oxidation sites excluding steroid dienone is 5. The molecule has 1 N–H and O–H groups in total. The van der Waals surface area contributed by atoms with Gasteiger partial charge in [0.05, 0.1) is 11.1 Å². The minimum atomic E-state index is -1.11. The second-order valence-corrected chi connectivity index (χ2v) is 10.1. The molecule has 0 spiro atoms. The van der Waals surface area contributed by atoms with E-state index < -0.39 is 50.7 Å². The largest absolute Gasteiger partial charge is 0.506 e. The quantitative estimate of drug-likeness (QED) is 0.385. The minimum absolute atomic E-state index is 0.0157. The molecule has 1 heterocycles. The third kappa shape index (κ3) is 3.89. The second-order valence-electron chi connectivity index (χ2n) is 9.74. The molecule has 0 radical (unpaired) electrons. The fourth-order valence-corrected chi connectivity index (χ4v) is 5.18. The number of hydrogen-bond acceptors (Lipinski definition) is 6. The number of carbonyl (C=O) groups is 4. The van der Waals surface area contributed by atoms with Gasteiger partial charge in [-0.3, -0.25) is 19.2 Å². The molecule has 1 aliphatic heterocycles. The van der Waals surface area contributed by atoms with Crippen LogP contribution in [0.4, 0.5) is 0 Å². The lowest BCUT2D eigenvalue weighted by Crippen LogP contribution is -2.34. The Bertz CT molecular complexity index is 1560. The van der Waals surface area contributed by atoms with Gasteiger partial charge in [0.2, 0.25) is 17.3 Å². The van der Waals surface area contributed by atoms with Crippen LogP contribution in [0.1, 0.15) is 75.8 Å². The SMILES string of the molecule is CC(C)=CCC[C@]1(C)C=Cc2c(ccc3c2C(=O)C(=O)C(C2=C(Cl)C(=O)c4ccccc4C2=O)=C3O)O1. The standard InChI is InChI=1S/C30H23ClO6/c1-15(2)7-6-13-30(3)14-12-18-20(37-30)11-10-19-21(18)28(35)29(36)23(26(19)33)22-24(31)27(34)17-9-5-4-8-16(17)25(22)32/h4-5,7-12,14,33H,6,13H2,1-3H3/t30-/m1/s1. The van der Waals surface area contributed by atoms with Gasteiger partial charge in [-0.25, -0.2) is 0 Å². The summed E-state index contributed by atoms with van der Waals surface area (Å²) in [5, 5.41) is 10.7. The molecule has 7 heteroatoms. The minimum Gasteiger partial charge on any atom is -0.506 e.